The molecule has 8 heteroatoms. The first-order chi connectivity index (χ1) is 15.1. The number of anilines is 3. The average molecular weight is 414 g/mol. The molecule has 0 aliphatic heterocycles. The molecule has 2 aromatic heterocycles. The first kappa shape index (κ1) is 20.1. The van der Waals surface area contributed by atoms with Gasteiger partial charge in [-0.05, 0) is 50.2 Å². The molecular formula is C23H22N6O2. The minimum atomic E-state index is -0.620. The van der Waals surface area contributed by atoms with Crippen molar-refractivity contribution >= 4 is 23.1 Å². The van der Waals surface area contributed by atoms with Crippen LogP contribution >= 0.6 is 0 Å². The van der Waals surface area contributed by atoms with Gasteiger partial charge in [0.15, 0.2) is 6.10 Å². The summed E-state index contributed by atoms with van der Waals surface area (Å²) < 4.78 is 7.48. The third-order valence-corrected chi connectivity index (χ3v) is 4.44. The molecule has 156 valence electrons. The third kappa shape index (κ3) is 5.24. The van der Waals surface area contributed by atoms with E-state index in [2.05, 4.69) is 25.6 Å². The lowest BCUT2D eigenvalue weighted by atomic mass is 10.2. The Hall–Kier alpha value is -4.20. The molecule has 0 fully saturated rings. The molecule has 0 spiro atoms. The van der Waals surface area contributed by atoms with Gasteiger partial charge in [-0.15, -0.1) is 0 Å². The summed E-state index contributed by atoms with van der Waals surface area (Å²) in [5.74, 6) is 2.47. The van der Waals surface area contributed by atoms with Crippen molar-refractivity contribution in [2.24, 2.45) is 0 Å². The van der Waals surface area contributed by atoms with E-state index in [0.717, 1.165) is 11.5 Å². The van der Waals surface area contributed by atoms with E-state index in [1.54, 1.807) is 19.4 Å². The second kappa shape index (κ2) is 9.08. The van der Waals surface area contributed by atoms with Gasteiger partial charge in [0.1, 0.15) is 29.5 Å². The number of para-hydroxylation sites is 1. The summed E-state index contributed by atoms with van der Waals surface area (Å²) in [5, 5.41) is 6.12. The number of aromatic nitrogens is 4. The maximum atomic E-state index is 12.4. The number of aryl methyl sites for hydroxylation is 1. The Labute approximate surface area is 180 Å². The number of rotatable bonds is 7. The maximum absolute atomic E-state index is 12.4. The number of amides is 1. The molecular weight excluding hydrogens is 392 g/mol. The molecule has 4 aromatic rings. The smallest absolute Gasteiger partial charge is 0.265 e. The molecule has 31 heavy (non-hydrogen) atoms. The van der Waals surface area contributed by atoms with E-state index in [-0.39, 0.29) is 5.91 Å². The van der Waals surface area contributed by atoms with Gasteiger partial charge in [-0.3, -0.25) is 9.36 Å². The summed E-state index contributed by atoms with van der Waals surface area (Å²) in [4.78, 5) is 25.3. The first-order valence-corrected chi connectivity index (χ1v) is 9.80. The van der Waals surface area contributed by atoms with Crippen LogP contribution in [0.3, 0.4) is 0 Å². The molecule has 0 aliphatic carbocycles. The van der Waals surface area contributed by atoms with E-state index in [0.29, 0.717) is 23.1 Å². The fourth-order valence-electron chi connectivity index (χ4n) is 2.93. The zero-order chi connectivity index (χ0) is 21.6. The summed E-state index contributed by atoms with van der Waals surface area (Å²) in [6.45, 7) is 3.55. The molecule has 2 N–H and O–H groups in total. The number of ether oxygens (including phenoxy) is 1. The van der Waals surface area contributed by atoms with Gasteiger partial charge in [-0.1, -0.05) is 18.2 Å². The lowest BCUT2D eigenvalue weighted by molar-refractivity contribution is -0.122. The number of nitrogens with one attached hydrogen (secondary N) is 2. The van der Waals surface area contributed by atoms with Crippen LogP contribution in [-0.2, 0) is 4.79 Å². The molecule has 2 aromatic carbocycles. The molecule has 0 saturated heterocycles. The van der Waals surface area contributed by atoms with Crippen molar-refractivity contribution in [3.8, 4) is 11.6 Å². The van der Waals surface area contributed by atoms with Gasteiger partial charge in [-0.25, -0.2) is 15.0 Å². The molecule has 0 bridgehead atoms. The maximum Gasteiger partial charge on any atom is 0.265 e. The predicted octanol–water partition coefficient (Wildman–Crippen LogP) is 4.12. The number of carbonyl (C=O) groups is 1. The van der Waals surface area contributed by atoms with E-state index < -0.39 is 6.10 Å². The highest BCUT2D eigenvalue weighted by molar-refractivity contribution is 5.94. The Morgan fingerprint density at radius 1 is 1.03 bits per heavy atom. The number of nitrogens with zero attached hydrogens (tertiary/aromatic N) is 4. The van der Waals surface area contributed by atoms with Gasteiger partial charge >= 0.3 is 0 Å². The zero-order valence-electron chi connectivity index (χ0n) is 17.2. The normalized spacial score (nSPS) is 11.5. The molecule has 0 saturated carbocycles. The Morgan fingerprint density at radius 3 is 2.48 bits per heavy atom. The highest BCUT2D eigenvalue weighted by atomic mass is 16.5. The fourth-order valence-corrected chi connectivity index (χ4v) is 2.93. The predicted molar refractivity (Wildman–Crippen MR) is 119 cm³/mol. The lowest BCUT2D eigenvalue weighted by Gasteiger charge is -2.15. The van der Waals surface area contributed by atoms with Crippen molar-refractivity contribution in [3.63, 3.8) is 0 Å². The summed E-state index contributed by atoms with van der Waals surface area (Å²) >= 11 is 0. The average Bonchev–Trinajstić information content (AvgIpc) is 3.30. The number of hydrogen-bond acceptors (Lipinski definition) is 6. The monoisotopic (exact) mass is 414 g/mol. The van der Waals surface area contributed by atoms with Gasteiger partial charge in [0.25, 0.3) is 5.91 Å². The minimum Gasteiger partial charge on any atom is -0.481 e. The van der Waals surface area contributed by atoms with Crippen LogP contribution in [0.4, 0.5) is 17.2 Å². The summed E-state index contributed by atoms with van der Waals surface area (Å²) in [6.07, 6.45) is 4.59. The number of carbonyl (C=O) groups excluding carboxylic acids is 1. The van der Waals surface area contributed by atoms with Crippen LogP contribution in [-0.4, -0.2) is 31.5 Å². The van der Waals surface area contributed by atoms with E-state index >= 15 is 0 Å². The SMILES string of the molecule is Cc1nc(Nc2ccc(NC(=O)[C@@H](C)Oc3ccccc3)cc2)cc(-n2ccnc2)n1. The Balaban J connectivity index is 1.39. The molecule has 4 rings (SSSR count). The highest BCUT2D eigenvalue weighted by Crippen LogP contribution is 2.20. The van der Waals surface area contributed by atoms with Crippen LogP contribution in [0.5, 0.6) is 5.75 Å². The number of benzene rings is 2. The van der Waals surface area contributed by atoms with Crippen molar-refractivity contribution in [1.82, 2.24) is 19.5 Å². The molecule has 1 amide bonds. The van der Waals surface area contributed by atoms with E-state index in [1.165, 1.54) is 0 Å². The standard InChI is InChI=1S/C23H22N6O2/c1-16(31-20-6-4-3-5-7-20)23(30)28-19-10-8-18(9-11-19)27-21-14-22(26-17(2)25-21)29-13-12-24-15-29/h3-16H,1-2H3,(H,28,30)(H,25,26,27)/t16-/m1/s1. The summed E-state index contributed by atoms with van der Waals surface area (Å²) in [7, 11) is 0. The quantitative estimate of drug-likeness (QED) is 0.472. The van der Waals surface area contributed by atoms with E-state index in [9.17, 15) is 4.79 Å². The molecule has 8 nitrogen and oxygen atoms in total. The van der Waals surface area contributed by atoms with Crippen molar-refractivity contribution in [2.45, 2.75) is 20.0 Å². The van der Waals surface area contributed by atoms with E-state index in [1.807, 2.05) is 78.4 Å². The molecule has 0 radical (unpaired) electrons. The number of imidazole rings is 1. The van der Waals surface area contributed by atoms with Crippen LogP contribution in [0.1, 0.15) is 12.7 Å². The van der Waals surface area contributed by atoms with Crippen LogP contribution in [0.15, 0.2) is 79.4 Å². The summed E-state index contributed by atoms with van der Waals surface area (Å²) in [6, 6.07) is 18.5. The van der Waals surface area contributed by atoms with Crippen molar-refractivity contribution in [3.05, 3.63) is 85.2 Å². The Bertz CT molecular complexity index is 1140. The van der Waals surface area contributed by atoms with Crippen molar-refractivity contribution in [2.75, 3.05) is 10.6 Å². The number of hydrogen-bond donors (Lipinski definition) is 2. The van der Waals surface area contributed by atoms with Gasteiger partial charge in [0.05, 0.1) is 0 Å². The van der Waals surface area contributed by atoms with Gasteiger partial charge in [0.2, 0.25) is 0 Å². The third-order valence-electron chi connectivity index (χ3n) is 4.44. The molecule has 1 atom stereocenters. The van der Waals surface area contributed by atoms with Crippen LogP contribution in [0.25, 0.3) is 5.82 Å². The Morgan fingerprint density at radius 2 is 1.77 bits per heavy atom. The van der Waals surface area contributed by atoms with Gasteiger partial charge < -0.3 is 15.4 Å². The van der Waals surface area contributed by atoms with Crippen molar-refractivity contribution < 1.29 is 9.53 Å². The largest absolute Gasteiger partial charge is 0.481 e. The van der Waals surface area contributed by atoms with Gasteiger partial charge in [0, 0.05) is 29.8 Å². The van der Waals surface area contributed by atoms with Crippen molar-refractivity contribution in [1.29, 1.82) is 0 Å². The minimum absolute atomic E-state index is 0.221. The van der Waals surface area contributed by atoms with E-state index in [4.69, 9.17) is 4.74 Å². The second-order valence-electron chi connectivity index (χ2n) is 6.89. The molecule has 0 unspecified atom stereocenters. The lowest BCUT2D eigenvalue weighted by Crippen LogP contribution is -2.30. The highest BCUT2D eigenvalue weighted by Gasteiger charge is 2.14. The van der Waals surface area contributed by atoms with Gasteiger partial charge in [-0.2, -0.15) is 0 Å². The van der Waals surface area contributed by atoms with Crippen LogP contribution < -0.4 is 15.4 Å². The van der Waals surface area contributed by atoms with Crippen LogP contribution in [0.2, 0.25) is 0 Å². The fraction of sp³-hybridized carbons (Fsp3) is 0.130. The topological polar surface area (TPSA) is 94.0 Å². The summed E-state index contributed by atoms with van der Waals surface area (Å²) in [5.41, 5.74) is 1.51. The molecule has 0 aliphatic rings. The zero-order valence-corrected chi connectivity index (χ0v) is 17.2. The first-order valence-electron chi connectivity index (χ1n) is 9.80. The molecule has 2 heterocycles. The second-order valence-corrected chi connectivity index (χ2v) is 6.89. The Kier molecular flexibility index (Phi) is 5.89. The van der Waals surface area contributed by atoms with Crippen LogP contribution in [0, 0.1) is 6.92 Å².